The molecule has 1 unspecified atom stereocenters. The van der Waals surface area contributed by atoms with Crippen molar-refractivity contribution in [2.75, 3.05) is 0 Å². The number of H-pyrrole nitrogens is 1. The second kappa shape index (κ2) is 4.11. The van der Waals surface area contributed by atoms with E-state index in [1.807, 2.05) is 0 Å². The van der Waals surface area contributed by atoms with Gasteiger partial charge in [-0.15, -0.1) is 0 Å². The van der Waals surface area contributed by atoms with E-state index in [-0.39, 0.29) is 6.42 Å². The van der Waals surface area contributed by atoms with Gasteiger partial charge < -0.3 is 10.8 Å². The predicted molar refractivity (Wildman–Crippen MR) is 60.4 cm³/mol. The van der Waals surface area contributed by atoms with Crippen molar-refractivity contribution in [2.24, 2.45) is 5.73 Å². The molecule has 0 saturated carbocycles. The van der Waals surface area contributed by atoms with E-state index in [9.17, 15) is 4.79 Å². The summed E-state index contributed by atoms with van der Waals surface area (Å²) in [5.41, 5.74) is 6.98. The highest BCUT2D eigenvalue weighted by molar-refractivity contribution is 6.34. The highest BCUT2D eigenvalue weighted by atomic mass is 35.5. The maximum Gasteiger partial charge on any atom is 0.320 e. The zero-order chi connectivity index (χ0) is 11.7. The molecule has 5 nitrogen and oxygen atoms in total. The Morgan fingerprint density at radius 3 is 3.06 bits per heavy atom. The van der Waals surface area contributed by atoms with Crippen LogP contribution in [0.2, 0.25) is 5.15 Å². The molecule has 2 aromatic rings. The molecule has 0 aliphatic carbocycles. The molecule has 0 saturated heterocycles. The summed E-state index contributed by atoms with van der Waals surface area (Å²) in [5.74, 6) is -1.03. The number of aromatic nitrogens is 2. The fourth-order valence-corrected chi connectivity index (χ4v) is 1.85. The van der Waals surface area contributed by atoms with Crippen LogP contribution < -0.4 is 5.73 Å². The lowest BCUT2D eigenvalue weighted by atomic mass is 10.0. The molecule has 1 aromatic carbocycles. The molecular weight excluding hydrogens is 230 g/mol. The van der Waals surface area contributed by atoms with Crippen LogP contribution in [-0.2, 0) is 11.2 Å². The van der Waals surface area contributed by atoms with Gasteiger partial charge in [-0.2, -0.15) is 5.10 Å². The molecule has 0 spiro atoms. The first-order chi connectivity index (χ1) is 7.59. The van der Waals surface area contributed by atoms with E-state index in [0.717, 1.165) is 10.9 Å². The number of nitrogens with zero attached hydrogens (tertiary/aromatic N) is 1. The molecule has 1 heterocycles. The fraction of sp³-hybridized carbons (Fsp3) is 0.200. The zero-order valence-corrected chi connectivity index (χ0v) is 9.03. The molecule has 4 N–H and O–H groups in total. The molecule has 0 aliphatic heterocycles. The number of fused-ring (bicyclic) bond motifs is 1. The third-order valence-corrected chi connectivity index (χ3v) is 2.65. The second-order valence-corrected chi connectivity index (χ2v) is 3.88. The van der Waals surface area contributed by atoms with Gasteiger partial charge >= 0.3 is 5.97 Å². The number of aliphatic carboxylic acids is 1. The lowest BCUT2D eigenvalue weighted by Crippen LogP contribution is -2.32. The summed E-state index contributed by atoms with van der Waals surface area (Å²) in [5, 5.41) is 16.5. The zero-order valence-electron chi connectivity index (χ0n) is 8.27. The summed E-state index contributed by atoms with van der Waals surface area (Å²) in [7, 11) is 0. The van der Waals surface area contributed by atoms with Gasteiger partial charge in [-0.1, -0.05) is 23.7 Å². The van der Waals surface area contributed by atoms with Crippen LogP contribution in [0.1, 0.15) is 5.56 Å². The van der Waals surface area contributed by atoms with Crippen molar-refractivity contribution in [3.8, 4) is 0 Å². The molecule has 0 bridgehead atoms. The van der Waals surface area contributed by atoms with E-state index >= 15 is 0 Å². The summed E-state index contributed by atoms with van der Waals surface area (Å²) in [6.07, 6.45) is 0.228. The Morgan fingerprint density at radius 2 is 2.38 bits per heavy atom. The Morgan fingerprint density at radius 1 is 1.62 bits per heavy atom. The third kappa shape index (κ3) is 1.87. The summed E-state index contributed by atoms with van der Waals surface area (Å²) in [6.45, 7) is 0. The molecule has 1 aromatic heterocycles. The van der Waals surface area contributed by atoms with Gasteiger partial charge in [0.05, 0.1) is 5.52 Å². The number of rotatable bonds is 3. The number of benzene rings is 1. The predicted octanol–water partition coefficient (Wildman–Crippen LogP) is 1.17. The average Bonchev–Trinajstić information content (AvgIpc) is 2.61. The minimum atomic E-state index is -1.03. The van der Waals surface area contributed by atoms with Gasteiger partial charge in [-0.3, -0.25) is 9.89 Å². The van der Waals surface area contributed by atoms with E-state index in [0.29, 0.717) is 10.7 Å². The van der Waals surface area contributed by atoms with Crippen LogP contribution >= 0.6 is 11.6 Å². The van der Waals surface area contributed by atoms with Gasteiger partial charge in [-0.25, -0.2) is 0 Å². The van der Waals surface area contributed by atoms with Crippen LogP contribution in [0, 0.1) is 0 Å². The monoisotopic (exact) mass is 239 g/mol. The molecule has 84 valence electrons. The summed E-state index contributed by atoms with van der Waals surface area (Å²) < 4.78 is 0. The van der Waals surface area contributed by atoms with Crippen LogP contribution in [0.3, 0.4) is 0 Å². The SMILES string of the molecule is NC(Cc1cccc2n[nH]c(Cl)c12)C(=O)O. The number of nitrogens with two attached hydrogens (primary N) is 1. The van der Waals surface area contributed by atoms with E-state index in [1.165, 1.54) is 0 Å². The van der Waals surface area contributed by atoms with Crippen LogP contribution in [0.5, 0.6) is 0 Å². The number of halogens is 1. The van der Waals surface area contributed by atoms with Crippen molar-refractivity contribution in [3.63, 3.8) is 0 Å². The molecule has 0 aliphatic rings. The topological polar surface area (TPSA) is 92.0 Å². The molecule has 0 radical (unpaired) electrons. The molecule has 6 heteroatoms. The van der Waals surface area contributed by atoms with E-state index in [2.05, 4.69) is 10.2 Å². The number of carboxylic acid groups (broad SMARTS) is 1. The quantitative estimate of drug-likeness (QED) is 0.750. The first-order valence-corrected chi connectivity index (χ1v) is 5.07. The average molecular weight is 240 g/mol. The van der Waals surface area contributed by atoms with Crippen LogP contribution in [0.15, 0.2) is 18.2 Å². The maximum atomic E-state index is 10.7. The van der Waals surface area contributed by atoms with Gasteiger partial charge in [0.15, 0.2) is 0 Å². The second-order valence-electron chi connectivity index (χ2n) is 3.50. The smallest absolute Gasteiger partial charge is 0.320 e. The molecule has 0 fully saturated rings. The van der Waals surface area contributed by atoms with Crippen molar-refractivity contribution in [2.45, 2.75) is 12.5 Å². The number of hydrogen-bond donors (Lipinski definition) is 3. The number of nitrogens with one attached hydrogen (secondary N) is 1. The summed E-state index contributed by atoms with van der Waals surface area (Å²) >= 11 is 5.93. The van der Waals surface area contributed by atoms with E-state index in [1.54, 1.807) is 18.2 Å². The normalized spacial score (nSPS) is 12.9. The minimum Gasteiger partial charge on any atom is -0.480 e. The van der Waals surface area contributed by atoms with Crippen LogP contribution in [0.25, 0.3) is 10.9 Å². The van der Waals surface area contributed by atoms with Crippen molar-refractivity contribution >= 4 is 28.5 Å². The van der Waals surface area contributed by atoms with E-state index in [4.69, 9.17) is 22.4 Å². The third-order valence-electron chi connectivity index (χ3n) is 2.38. The Bertz CT molecular complexity index is 538. The van der Waals surface area contributed by atoms with Gasteiger partial charge in [0.1, 0.15) is 11.2 Å². The Kier molecular flexibility index (Phi) is 2.80. The molecule has 2 rings (SSSR count). The molecule has 0 amide bonds. The molecule has 1 atom stereocenters. The number of hydrogen-bond acceptors (Lipinski definition) is 3. The van der Waals surface area contributed by atoms with Crippen molar-refractivity contribution < 1.29 is 9.90 Å². The Labute approximate surface area is 96.2 Å². The maximum absolute atomic E-state index is 10.7. The standard InChI is InChI=1S/C10H10ClN3O2/c11-9-8-5(4-6(12)10(15)16)2-1-3-7(8)13-14-9/h1-3,6H,4,12H2,(H,13,14)(H,15,16). The van der Waals surface area contributed by atoms with E-state index < -0.39 is 12.0 Å². The van der Waals surface area contributed by atoms with Gasteiger partial charge in [-0.05, 0) is 18.1 Å². The largest absolute Gasteiger partial charge is 0.480 e. The Balaban J connectivity index is 2.44. The molecular formula is C10H10ClN3O2. The number of carbonyl (C=O) groups is 1. The number of carboxylic acids is 1. The van der Waals surface area contributed by atoms with Crippen LogP contribution in [-0.4, -0.2) is 27.3 Å². The van der Waals surface area contributed by atoms with Crippen LogP contribution in [0.4, 0.5) is 0 Å². The van der Waals surface area contributed by atoms with Crippen molar-refractivity contribution in [3.05, 3.63) is 28.9 Å². The molecule has 16 heavy (non-hydrogen) atoms. The lowest BCUT2D eigenvalue weighted by Gasteiger charge is -2.07. The number of aromatic amines is 1. The van der Waals surface area contributed by atoms with Crippen molar-refractivity contribution in [1.29, 1.82) is 0 Å². The lowest BCUT2D eigenvalue weighted by molar-refractivity contribution is -0.138. The summed E-state index contributed by atoms with van der Waals surface area (Å²) in [4.78, 5) is 10.7. The minimum absolute atomic E-state index is 0.228. The Hall–Kier alpha value is -1.59. The van der Waals surface area contributed by atoms with Crippen molar-refractivity contribution in [1.82, 2.24) is 10.2 Å². The first-order valence-electron chi connectivity index (χ1n) is 4.69. The van der Waals surface area contributed by atoms with Gasteiger partial charge in [0, 0.05) is 5.39 Å². The van der Waals surface area contributed by atoms with Gasteiger partial charge in [0.2, 0.25) is 0 Å². The summed E-state index contributed by atoms with van der Waals surface area (Å²) in [6, 6.07) is 4.46. The highest BCUT2D eigenvalue weighted by Gasteiger charge is 2.15. The first kappa shape index (κ1) is 10.9. The van der Waals surface area contributed by atoms with Gasteiger partial charge in [0.25, 0.3) is 0 Å². The fourth-order valence-electron chi connectivity index (χ4n) is 1.59. The highest BCUT2D eigenvalue weighted by Crippen LogP contribution is 2.25.